The first-order chi connectivity index (χ1) is 16.0. The van der Waals surface area contributed by atoms with Gasteiger partial charge in [0.25, 0.3) is 0 Å². The number of aliphatic hydroxyl groups is 9. The van der Waals surface area contributed by atoms with Gasteiger partial charge in [0.05, 0.1) is 19.8 Å². The van der Waals surface area contributed by atoms with E-state index < -0.39 is 112 Å². The Balaban J connectivity index is 1.75. The predicted octanol–water partition coefficient (Wildman–Crippen LogP) is -6.80. The van der Waals surface area contributed by atoms with Gasteiger partial charge in [-0.25, -0.2) is 4.79 Å². The monoisotopic (exact) mass is 502 g/mol. The summed E-state index contributed by atoms with van der Waals surface area (Å²) in [4.78, 5) is 11.6. The van der Waals surface area contributed by atoms with Gasteiger partial charge >= 0.3 is 5.97 Å². The zero-order valence-electron chi connectivity index (χ0n) is 17.6. The summed E-state index contributed by atoms with van der Waals surface area (Å²) in [6.07, 6.45) is -23.7. The van der Waals surface area contributed by atoms with E-state index in [1.165, 1.54) is 0 Å². The molecule has 3 aliphatic heterocycles. The minimum Gasteiger partial charge on any atom is -0.479 e. The predicted molar refractivity (Wildman–Crippen MR) is 101 cm³/mol. The number of hydrogen-bond donors (Lipinski definition) is 10. The van der Waals surface area contributed by atoms with Crippen molar-refractivity contribution in [1.29, 1.82) is 0 Å². The van der Waals surface area contributed by atoms with E-state index in [-0.39, 0.29) is 0 Å². The van der Waals surface area contributed by atoms with Gasteiger partial charge in [-0.2, -0.15) is 0 Å². The Hall–Kier alpha value is -1.09. The summed E-state index contributed by atoms with van der Waals surface area (Å²) in [7, 11) is 0. The zero-order chi connectivity index (χ0) is 25.3. The molecule has 16 heteroatoms. The van der Waals surface area contributed by atoms with Crippen LogP contribution in [-0.2, 0) is 28.5 Å². The van der Waals surface area contributed by atoms with E-state index in [1.54, 1.807) is 0 Å². The number of carbonyl (C=O) groups is 1. The maximum atomic E-state index is 11.6. The van der Waals surface area contributed by atoms with Crippen molar-refractivity contribution in [3.8, 4) is 0 Å². The summed E-state index contributed by atoms with van der Waals surface area (Å²) >= 11 is 0. The van der Waals surface area contributed by atoms with E-state index in [9.17, 15) is 55.9 Å². The quantitative estimate of drug-likeness (QED) is 0.155. The molecule has 3 heterocycles. The highest BCUT2D eigenvalue weighted by Gasteiger charge is 2.52. The molecule has 0 radical (unpaired) electrons. The van der Waals surface area contributed by atoms with Crippen LogP contribution in [0.1, 0.15) is 0 Å². The van der Waals surface area contributed by atoms with Gasteiger partial charge in [0.2, 0.25) is 0 Å². The summed E-state index contributed by atoms with van der Waals surface area (Å²) in [6, 6.07) is 0. The van der Waals surface area contributed by atoms with E-state index in [1.807, 2.05) is 0 Å². The molecule has 3 fully saturated rings. The molecule has 0 aromatic heterocycles. The first kappa shape index (κ1) is 27.5. The van der Waals surface area contributed by atoms with Crippen molar-refractivity contribution in [1.82, 2.24) is 0 Å². The number of carboxylic acid groups (broad SMARTS) is 1. The van der Waals surface area contributed by atoms with E-state index in [4.69, 9.17) is 23.7 Å². The highest BCUT2D eigenvalue weighted by molar-refractivity contribution is 5.73. The van der Waals surface area contributed by atoms with Crippen molar-refractivity contribution >= 4 is 5.97 Å². The summed E-state index contributed by atoms with van der Waals surface area (Å²) < 4.78 is 26.4. The maximum Gasteiger partial charge on any atom is 0.335 e. The van der Waals surface area contributed by atoms with Crippen molar-refractivity contribution in [2.75, 3.05) is 19.8 Å². The van der Waals surface area contributed by atoms with Crippen molar-refractivity contribution in [3.05, 3.63) is 0 Å². The van der Waals surface area contributed by atoms with Crippen LogP contribution >= 0.6 is 0 Å². The molecule has 0 spiro atoms. The number of aliphatic hydroxyl groups excluding tert-OH is 9. The smallest absolute Gasteiger partial charge is 0.335 e. The minimum absolute atomic E-state index is 0.554. The van der Waals surface area contributed by atoms with Crippen LogP contribution in [0.4, 0.5) is 0 Å². The molecule has 0 aromatic carbocycles. The van der Waals surface area contributed by atoms with Gasteiger partial charge in [0.1, 0.15) is 67.1 Å². The standard InChI is InChI=1S/C18H30O16/c19-1-4-7(21)10(24)12(26)17(31-4)33-6-3-30-15(16(28)29)14(9(6)23)34-18-13(27)11(25)8(22)5(2-20)32-18/h4-15,17-27H,1-3H2,(H,28,29)/t4-,5-,6?,7-,8-,9?,10+,11+,12-,13-,14?,15?,17+,18+/m1/s1. The van der Waals surface area contributed by atoms with E-state index >= 15 is 0 Å². The third-order valence-electron chi connectivity index (χ3n) is 6.00. The van der Waals surface area contributed by atoms with Gasteiger partial charge < -0.3 is 74.7 Å². The van der Waals surface area contributed by atoms with E-state index in [0.29, 0.717) is 0 Å². The molecule has 0 amide bonds. The SMILES string of the molecule is O=C(O)C1OCC(O[C@@H]2O[C@H](CO)[C@@H](O)[C@H](O)[C@H]2O)C(O)C1O[C@@H]1O[C@H](CO)[C@@H](O)[C@H](O)[C@H]1O. The van der Waals surface area contributed by atoms with Crippen LogP contribution < -0.4 is 0 Å². The second-order valence-corrected chi connectivity index (χ2v) is 8.25. The lowest BCUT2D eigenvalue weighted by Gasteiger charge is -2.46. The molecule has 14 atom stereocenters. The van der Waals surface area contributed by atoms with Crippen molar-refractivity contribution in [2.24, 2.45) is 0 Å². The fourth-order valence-corrected chi connectivity index (χ4v) is 3.95. The van der Waals surface area contributed by atoms with Crippen LogP contribution in [0.5, 0.6) is 0 Å². The first-order valence-corrected chi connectivity index (χ1v) is 10.5. The molecule has 10 N–H and O–H groups in total. The second kappa shape index (κ2) is 11.3. The Bertz CT molecular complexity index is 676. The maximum absolute atomic E-state index is 11.6. The molecule has 3 aliphatic rings. The van der Waals surface area contributed by atoms with Crippen molar-refractivity contribution in [2.45, 2.75) is 85.8 Å². The fourth-order valence-electron chi connectivity index (χ4n) is 3.95. The Morgan fingerprint density at radius 1 is 0.706 bits per heavy atom. The van der Waals surface area contributed by atoms with Crippen LogP contribution in [-0.4, -0.2) is 163 Å². The second-order valence-electron chi connectivity index (χ2n) is 8.25. The third-order valence-corrected chi connectivity index (χ3v) is 6.00. The number of carboxylic acids is 1. The molecule has 0 aromatic rings. The number of aliphatic carboxylic acids is 1. The molecule has 4 unspecified atom stereocenters. The number of rotatable bonds is 7. The lowest BCUT2D eigenvalue weighted by molar-refractivity contribution is -0.353. The van der Waals surface area contributed by atoms with Gasteiger partial charge in [0.15, 0.2) is 18.7 Å². The van der Waals surface area contributed by atoms with Gasteiger partial charge in [-0.15, -0.1) is 0 Å². The van der Waals surface area contributed by atoms with Gasteiger partial charge in [0, 0.05) is 0 Å². The zero-order valence-corrected chi connectivity index (χ0v) is 17.6. The Kier molecular flexibility index (Phi) is 9.15. The molecular formula is C18H30O16. The fraction of sp³-hybridized carbons (Fsp3) is 0.944. The molecule has 0 saturated carbocycles. The lowest BCUT2D eigenvalue weighted by Crippen LogP contribution is -2.65. The van der Waals surface area contributed by atoms with Crippen molar-refractivity contribution in [3.63, 3.8) is 0 Å². The van der Waals surface area contributed by atoms with E-state index in [0.717, 1.165) is 0 Å². The third kappa shape index (κ3) is 5.35. The van der Waals surface area contributed by atoms with Gasteiger partial charge in [-0.05, 0) is 0 Å². The lowest BCUT2D eigenvalue weighted by atomic mass is 9.96. The molecule has 34 heavy (non-hydrogen) atoms. The first-order valence-electron chi connectivity index (χ1n) is 10.5. The minimum atomic E-state index is -1.90. The number of ether oxygens (including phenoxy) is 5. The van der Waals surface area contributed by atoms with Crippen molar-refractivity contribution < 1.29 is 79.5 Å². The van der Waals surface area contributed by atoms with Crippen LogP contribution in [0.2, 0.25) is 0 Å². The van der Waals surface area contributed by atoms with Crippen LogP contribution in [0, 0.1) is 0 Å². The molecule has 0 bridgehead atoms. The molecule has 16 nitrogen and oxygen atoms in total. The molecule has 0 aliphatic carbocycles. The summed E-state index contributed by atoms with van der Waals surface area (Å²) in [6.45, 7) is -2.07. The normalized spacial score (nSPS) is 50.1. The largest absolute Gasteiger partial charge is 0.479 e. The van der Waals surface area contributed by atoms with Crippen LogP contribution in [0.3, 0.4) is 0 Å². The number of hydrogen-bond acceptors (Lipinski definition) is 15. The highest BCUT2D eigenvalue weighted by atomic mass is 16.7. The highest BCUT2D eigenvalue weighted by Crippen LogP contribution is 2.30. The Morgan fingerprint density at radius 3 is 1.62 bits per heavy atom. The molecule has 198 valence electrons. The van der Waals surface area contributed by atoms with Crippen LogP contribution in [0.25, 0.3) is 0 Å². The van der Waals surface area contributed by atoms with Gasteiger partial charge in [-0.3, -0.25) is 0 Å². The molecule has 3 rings (SSSR count). The molecular weight excluding hydrogens is 472 g/mol. The average molecular weight is 502 g/mol. The Labute approximate surface area is 192 Å². The Morgan fingerprint density at radius 2 is 1.18 bits per heavy atom. The summed E-state index contributed by atoms with van der Waals surface area (Å²) in [5.41, 5.74) is 0. The topological polar surface area (TPSA) is 266 Å². The molecule has 3 saturated heterocycles. The van der Waals surface area contributed by atoms with E-state index in [2.05, 4.69) is 0 Å². The summed E-state index contributed by atoms with van der Waals surface area (Å²) in [5, 5.41) is 98.6. The average Bonchev–Trinajstić information content (AvgIpc) is 2.81. The van der Waals surface area contributed by atoms with Gasteiger partial charge in [-0.1, -0.05) is 0 Å². The summed E-state index contributed by atoms with van der Waals surface area (Å²) in [5.74, 6) is -1.57. The van der Waals surface area contributed by atoms with Crippen LogP contribution in [0.15, 0.2) is 0 Å².